The number of rotatable bonds is 15. The number of aliphatic hydroxyl groups excluding tert-OH is 1. The van der Waals surface area contributed by atoms with E-state index in [0.717, 1.165) is 30.4 Å². The van der Waals surface area contributed by atoms with Crippen LogP contribution in [0.25, 0.3) is 5.76 Å². The zero-order valence-corrected chi connectivity index (χ0v) is 25.4. The van der Waals surface area contributed by atoms with Crippen LogP contribution >= 0.6 is 0 Å². The van der Waals surface area contributed by atoms with Crippen LogP contribution in [0.4, 0.5) is 0 Å². The van der Waals surface area contributed by atoms with Gasteiger partial charge < -0.3 is 29.0 Å². The quantitative estimate of drug-likeness (QED) is 0.0925. The van der Waals surface area contributed by atoms with Crippen LogP contribution in [0.5, 0.6) is 17.2 Å². The van der Waals surface area contributed by atoms with Crippen molar-refractivity contribution < 1.29 is 33.6 Å². The Morgan fingerprint density at radius 2 is 1.65 bits per heavy atom. The summed E-state index contributed by atoms with van der Waals surface area (Å²) < 4.78 is 22.7. The van der Waals surface area contributed by atoms with Crippen LogP contribution in [0.2, 0.25) is 0 Å². The lowest BCUT2D eigenvalue weighted by molar-refractivity contribution is -0.140. The highest BCUT2D eigenvalue weighted by atomic mass is 16.5. The number of amides is 1. The molecule has 0 spiro atoms. The molecule has 0 aromatic heterocycles. The normalized spacial score (nSPS) is 16.0. The molecule has 1 amide bonds. The van der Waals surface area contributed by atoms with Gasteiger partial charge in [-0.3, -0.25) is 9.59 Å². The van der Waals surface area contributed by atoms with Gasteiger partial charge in [-0.05, 0) is 72.9 Å². The number of aliphatic hydroxyl groups is 1. The zero-order chi connectivity index (χ0) is 30.8. The Hall–Kier alpha value is -4.30. The van der Waals surface area contributed by atoms with Crippen LogP contribution in [0.3, 0.4) is 0 Å². The van der Waals surface area contributed by atoms with E-state index in [2.05, 4.69) is 6.92 Å². The summed E-state index contributed by atoms with van der Waals surface area (Å²) >= 11 is 0. The third-order valence-corrected chi connectivity index (χ3v) is 7.58. The first kappa shape index (κ1) is 31.6. The highest BCUT2D eigenvalue weighted by molar-refractivity contribution is 6.46. The number of aryl methyl sites for hydroxylation is 1. The van der Waals surface area contributed by atoms with Gasteiger partial charge in [0.05, 0.1) is 25.3 Å². The smallest absolute Gasteiger partial charge is 0.295 e. The molecule has 1 saturated heterocycles. The Morgan fingerprint density at radius 3 is 2.35 bits per heavy atom. The highest BCUT2D eigenvalue weighted by Gasteiger charge is 2.46. The van der Waals surface area contributed by atoms with Crippen LogP contribution in [-0.2, 0) is 20.9 Å². The fraction of sp³-hybridized carbons (Fsp3) is 0.371. The number of ketones is 1. The van der Waals surface area contributed by atoms with E-state index in [4.69, 9.17) is 18.9 Å². The SMILES string of the molecule is CCCCCOc1ccc(C2C(=C(O)c3ccc(OCc4ccccc4C)cc3)C(=O)C(=O)N2CCCOC)cc1OC. The number of hydrogen-bond acceptors (Lipinski definition) is 7. The van der Waals surface area contributed by atoms with E-state index in [1.807, 2.05) is 37.3 Å². The Kier molecular flexibility index (Phi) is 11.2. The minimum Gasteiger partial charge on any atom is -0.507 e. The number of likely N-dealkylation sites (tertiary alicyclic amines) is 1. The van der Waals surface area contributed by atoms with Crippen molar-refractivity contribution in [1.29, 1.82) is 0 Å². The van der Waals surface area contributed by atoms with E-state index in [-0.39, 0.29) is 17.9 Å². The molecule has 3 aromatic carbocycles. The molecule has 8 nitrogen and oxygen atoms in total. The van der Waals surface area contributed by atoms with Crippen molar-refractivity contribution in [1.82, 2.24) is 4.90 Å². The van der Waals surface area contributed by atoms with Crippen molar-refractivity contribution in [3.63, 3.8) is 0 Å². The van der Waals surface area contributed by atoms with Crippen LogP contribution in [0.1, 0.15) is 60.9 Å². The van der Waals surface area contributed by atoms with Crippen molar-refractivity contribution >= 4 is 17.4 Å². The molecular formula is C35H41NO7. The fourth-order valence-electron chi connectivity index (χ4n) is 5.14. The summed E-state index contributed by atoms with van der Waals surface area (Å²) in [6.45, 7) is 5.84. The van der Waals surface area contributed by atoms with E-state index >= 15 is 0 Å². The lowest BCUT2D eigenvalue weighted by Gasteiger charge is -2.26. The van der Waals surface area contributed by atoms with Gasteiger partial charge in [-0.25, -0.2) is 0 Å². The van der Waals surface area contributed by atoms with Crippen LogP contribution in [-0.4, -0.2) is 55.7 Å². The second-order valence-corrected chi connectivity index (χ2v) is 10.5. The first-order valence-electron chi connectivity index (χ1n) is 14.7. The largest absolute Gasteiger partial charge is 0.507 e. The number of unbranched alkanes of at least 4 members (excludes halogenated alkanes) is 2. The van der Waals surface area contributed by atoms with E-state index in [1.165, 1.54) is 4.90 Å². The third-order valence-electron chi connectivity index (χ3n) is 7.58. The summed E-state index contributed by atoms with van der Waals surface area (Å²) in [6.07, 6.45) is 3.61. The molecule has 1 N–H and O–H groups in total. The van der Waals surface area contributed by atoms with Crippen LogP contribution in [0, 0.1) is 6.92 Å². The maximum absolute atomic E-state index is 13.4. The first-order valence-corrected chi connectivity index (χ1v) is 14.7. The average molecular weight is 588 g/mol. The van der Waals surface area contributed by atoms with Crippen molar-refractivity contribution in [2.24, 2.45) is 0 Å². The first-order chi connectivity index (χ1) is 20.9. The molecule has 228 valence electrons. The molecule has 0 radical (unpaired) electrons. The second kappa shape index (κ2) is 15.3. The Balaban J connectivity index is 1.65. The van der Waals surface area contributed by atoms with Crippen LogP contribution < -0.4 is 14.2 Å². The van der Waals surface area contributed by atoms with E-state index in [1.54, 1.807) is 50.6 Å². The third kappa shape index (κ3) is 7.56. The van der Waals surface area contributed by atoms with Crippen LogP contribution in [0.15, 0.2) is 72.3 Å². The predicted octanol–water partition coefficient (Wildman–Crippen LogP) is 6.61. The maximum atomic E-state index is 13.4. The van der Waals surface area contributed by atoms with Gasteiger partial charge in [0.15, 0.2) is 11.5 Å². The number of ether oxygens (including phenoxy) is 4. The molecule has 0 saturated carbocycles. The summed E-state index contributed by atoms with van der Waals surface area (Å²) in [5.41, 5.74) is 3.28. The van der Waals surface area contributed by atoms with Gasteiger partial charge in [-0.15, -0.1) is 0 Å². The summed E-state index contributed by atoms with van der Waals surface area (Å²) in [7, 11) is 3.14. The van der Waals surface area contributed by atoms with E-state index in [9.17, 15) is 14.7 Å². The molecule has 43 heavy (non-hydrogen) atoms. The number of hydrogen-bond donors (Lipinski definition) is 1. The van der Waals surface area contributed by atoms with Gasteiger partial charge >= 0.3 is 0 Å². The summed E-state index contributed by atoms with van der Waals surface area (Å²) in [6, 6.07) is 19.4. The maximum Gasteiger partial charge on any atom is 0.295 e. The van der Waals surface area contributed by atoms with Crippen molar-refractivity contribution in [3.8, 4) is 17.2 Å². The molecule has 1 heterocycles. The Bertz CT molecular complexity index is 1430. The second-order valence-electron chi connectivity index (χ2n) is 10.5. The Morgan fingerprint density at radius 1 is 0.884 bits per heavy atom. The molecule has 8 heteroatoms. The molecule has 1 fully saturated rings. The molecule has 1 atom stereocenters. The topological polar surface area (TPSA) is 94.5 Å². The summed E-state index contributed by atoms with van der Waals surface area (Å²) in [5, 5.41) is 11.5. The number of Topliss-reactive ketones (excluding diaryl/α,β-unsaturated/α-hetero) is 1. The number of methoxy groups -OCH3 is 2. The molecule has 0 aliphatic carbocycles. The fourth-order valence-corrected chi connectivity index (χ4v) is 5.14. The molecule has 1 unspecified atom stereocenters. The van der Waals surface area contributed by atoms with Crippen molar-refractivity contribution in [2.45, 2.75) is 52.2 Å². The number of nitrogens with zero attached hydrogens (tertiary/aromatic N) is 1. The monoisotopic (exact) mass is 587 g/mol. The molecule has 0 bridgehead atoms. The predicted molar refractivity (Wildman–Crippen MR) is 165 cm³/mol. The number of carbonyl (C=O) groups is 2. The summed E-state index contributed by atoms with van der Waals surface area (Å²) in [5.74, 6) is 0.0440. The van der Waals surface area contributed by atoms with Crippen molar-refractivity contribution in [2.75, 3.05) is 34.0 Å². The molecule has 1 aliphatic rings. The lowest BCUT2D eigenvalue weighted by Crippen LogP contribution is -2.31. The van der Waals surface area contributed by atoms with Gasteiger partial charge in [-0.2, -0.15) is 0 Å². The van der Waals surface area contributed by atoms with E-state index in [0.29, 0.717) is 54.6 Å². The van der Waals surface area contributed by atoms with Gasteiger partial charge in [0.25, 0.3) is 11.7 Å². The number of carbonyl (C=O) groups excluding carboxylic acids is 2. The molecular weight excluding hydrogens is 546 g/mol. The zero-order valence-electron chi connectivity index (χ0n) is 25.4. The average Bonchev–Trinajstić information content (AvgIpc) is 3.28. The summed E-state index contributed by atoms with van der Waals surface area (Å²) in [4.78, 5) is 28.2. The molecule has 1 aliphatic heterocycles. The van der Waals surface area contributed by atoms with Crippen molar-refractivity contribution in [3.05, 3.63) is 94.6 Å². The van der Waals surface area contributed by atoms with E-state index < -0.39 is 17.7 Å². The van der Waals surface area contributed by atoms with Gasteiger partial charge in [-0.1, -0.05) is 50.1 Å². The minimum absolute atomic E-state index is 0.0228. The minimum atomic E-state index is -0.808. The molecule has 3 aromatic rings. The van der Waals surface area contributed by atoms with Gasteiger partial charge in [0, 0.05) is 25.8 Å². The highest BCUT2D eigenvalue weighted by Crippen LogP contribution is 2.42. The lowest BCUT2D eigenvalue weighted by atomic mass is 9.95. The number of benzene rings is 3. The standard InChI is InChI=1S/C35H41NO7/c1-5-6-9-21-42-29-18-15-26(22-30(29)41-4)32-31(34(38)35(39)36(32)19-10-20-40-3)33(37)25-13-16-28(17-14-25)43-23-27-12-8-7-11-24(27)2/h7-8,11-18,22,32,37H,5-6,9-10,19-21,23H2,1-4H3. The van der Waals surface area contributed by atoms with Gasteiger partial charge in [0.2, 0.25) is 0 Å². The molecule has 4 rings (SSSR count). The van der Waals surface area contributed by atoms with Gasteiger partial charge in [0.1, 0.15) is 18.1 Å². The Labute approximate surface area is 253 Å².